The van der Waals surface area contributed by atoms with E-state index in [1.807, 2.05) is 18.2 Å². The molecule has 0 N–H and O–H groups in total. The van der Waals surface area contributed by atoms with Crippen LogP contribution in [0, 0.1) is 0 Å². The molecule has 0 aliphatic carbocycles. The minimum absolute atomic E-state index is 0.740. The van der Waals surface area contributed by atoms with Gasteiger partial charge in [0.1, 0.15) is 0 Å². The van der Waals surface area contributed by atoms with Gasteiger partial charge in [0.05, 0.1) is 26.9 Å². The summed E-state index contributed by atoms with van der Waals surface area (Å²) >= 11 is 1.77. The van der Waals surface area contributed by atoms with Crippen LogP contribution in [0.3, 0.4) is 0 Å². The molecule has 54 heavy (non-hydrogen) atoms. The third-order valence-corrected chi connectivity index (χ3v) is 11.8. The van der Waals surface area contributed by atoms with Crippen LogP contribution in [0.2, 0.25) is 0 Å². The average Bonchev–Trinajstić information content (AvgIpc) is 3.79. The van der Waals surface area contributed by atoms with Crippen LogP contribution in [0.5, 0.6) is 0 Å². The van der Waals surface area contributed by atoms with Crippen molar-refractivity contribution >= 4 is 64.2 Å². The summed E-state index contributed by atoms with van der Waals surface area (Å²) in [4.78, 5) is 10.4. The summed E-state index contributed by atoms with van der Waals surface area (Å²) in [7, 11) is 0. The number of rotatable bonds is 5. The van der Waals surface area contributed by atoms with E-state index in [0.29, 0.717) is 0 Å². The van der Waals surface area contributed by atoms with Crippen molar-refractivity contribution in [2.75, 3.05) is 0 Å². The lowest BCUT2D eigenvalue weighted by molar-refractivity contribution is 1.19. The Morgan fingerprint density at radius 3 is 1.69 bits per heavy atom. The summed E-state index contributed by atoms with van der Waals surface area (Å²) in [5.41, 5.74) is 12.4. The Hall–Kier alpha value is -6.88. The van der Waals surface area contributed by atoms with Gasteiger partial charge in [-0.05, 0) is 69.4 Å². The van der Waals surface area contributed by atoms with Gasteiger partial charge in [0.15, 0.2) is 5.82 Å². The molecule has 0 spiro atoms. The van der Waals surface area contributed by atoms with Crippen molar-refractivity contribution in [2.45, 2.75) is 0 Å². The molecule has 0 aliphatic rings. The number of hydrogen-bond acceptors (Lipinski definition) is 3. The Balaban J connectivity index is 1.01. The summed E-state index contributed by atoms with van der Waals surface area (Å²) in [6.07, 6.45) is 0. The Morgan fingerprint density at radius 2 is 0.944 bits per heavy atom. The van der Waals surface area contributed by atoms with Crippen molar-refractivity contribution in [1.82, 2.24) is 14.5 Å². The lowest BCUT2D eigenvalue weighted by atomic mass is 10.00. The van der Waals surface area contributed by atoms with Gasteiger partial charge in [0.2, 0.25) is 0 Å². The highest BCUT2D eigenvalue weighted by atomic mass is 32.1. The first-order valence-electron chi connectivity index (χ1n) is 18.2. The number of aromatic nitrogens is 3. The van der Waals surface area contributed by atoms with Gasteiger partial charge in [-0.15, -0.1) is 11.3 Å². The van der Waals surface area contributed by atoms with Crippen LogP contribution in [-0.4, -0.2) is 14.5 Å². The lowest BCUT2D eigenvalue weighted by Gasteiger charge is -2.10. The Bertz CT molecular complexity index is 3140. The lowest BCUT2D eigenvalue weighted by Crippen LogP contribution is -1.93. The molecule has 3 aromatic heterocycles. The number of fused-ring (bicyclic) bond motifs is 7. The van der Waals surface area contributed by atoms with Gasteiger partial charge < -0.3 is 4.57 Å². The zero-order valence-electron chi connectivity index (χ0n) is 29.1. The molecule has 11 rings (SSSR count). The van der Waals surface area contributed by atoms with E-state index in [-0.39, 0.29) is 0 Å². The largest absolute Gasteiger partial charge is 0.309 e. The van der Waals surface area contributed by atoms with E-state index in [4.69, 9.17) is 9.97 Å². The maximum atomic E-state index is 5.21. The van der Waals surface area contributed by atoms with E-state index < -0.39 is 0 Å². The van der Waals surface area contributed by atoms with E-state index in [9.17, 15) is 0 Å². The average molecular weight is 706 g/mol. The van der Waals surface area contributed by atoms with Gasteiger partial charge >= 0.3 is 0 Å². The molecule has 0 saturated carbocycles. The molecule has 0 bridgehead atoms. The van der Waals surface area contributed by atoms with Gasteiger partial charge in [0.25, 0.3) is 0 Å². The monoisotopic (exact) mass is 705 g/mol. The second kappa shape index (κ2) is 12.4. The van der Waals surface area contributed by atoms with E-state index in [1.54, 1.807) is 11.3 Å². The van der Waals surface area contributed by atoms with E-state index in [2.05, 4.69) is 174 Å². The molecule has 11 aromatic rings. The number of hydrogen-bond donors (Lipinski definition) is 0. The number of benzene rings is 8. The molecular weight excluding hydrogens is 675 g/mol. The SMILES string of the molecule is c1ccc(-c2ccc(-c3nc(-c4ccccc4)nc4c3sc3cc(-c5ccc6cc(-n7c8ccccc8c8ccccc87)ccc6c5)ccc34)cc2)cc1. The Kier molecular flexibility index (Phi) is 7.04. The molecule has 3 heterocycles. The summed E-state index contributed by atoms with van der Waals surface area (Å²) in [5, 5.41) is 6.13. The van der Waals surface area contributed by atoms with E-state index >= 15 is 0 Å². The predicted molar refractivity (Wildman–Crippen MR) is 229 cm³/mol. The Morgan fingerprint density at radius 1 is 0.389 bits per heavy atom. The van der Waals surface area contributed by atoms with Gasteiger partial charge in [-0.2, -0.15) is 0 Å². The summed E-state index contributed by atoms with van der Waals surface area (Å²) in [6.45, 7) is 0. The van der Waals surface area contributed by atoms with E-state index in [1.165, 1.54) is 65.2 Å². The van der Waals surface area contributed by atoms with Gasteiger partial charge in [-0.25, -0.2) is 9.97 Å². The summed E-state index contributed by atoms with van der Waals surface area (Å²) in [5.74, 6) is 0.740. The van der Waals surface area contributed by atoms with Crippen molar-refractivity contribution in [1.29, 1.82) is 0 Å². The normalized spacial score (nSPS) is 11.7. The van der Waals surface area contributed by atoms with Crippen molar-refractivity contribution in [3.8, 4) is 50.6 Å². The molecule has 0 unspecified atom stereocenters. The van der Waals surface area contributed by atoms with Gasteiger partial charge in [-0.3, -0.25) is 0 Å². The molecule has 0 amide bonds. The smallest absolute Gasteiger partial charge is 0.160 e. The van der Waals surface area contributed by atoms with Gasteiger partial charge in [-0.1, -0.05) is 152 Å². The van der Waals surface area contributed by atoms with Crippen molar-refractivity contribution in [3.63, 3.8) is 0 Å². The first-order chi connectivity index (χ1) is 26.7. The fourth-order valence-corrected chi connectivity index (χ4v) is 9.13. The molecule has 0 radical (unpaired) electrons. The zero-order valence-corrected chi connectivity index (χ0v) is 30.0. The number of para-hydroxylation sites is 2. The molecule has 0 aliphatic heterocycles. The van der Waals surface area contributed by atoms with Crippen LogP contribution < -0.4 is 0 Å². The maximum Gasteiger partial charge on any atom is 0.160 e. The minimum Gasteiger partial charge on any atom is -0.309 e. The van der Waals surface area contributed by atoms with Crippen molar-refractivity contribution < 1.29 is 0 Å². The predicted octanol–water partition coefficient (Wildman–Crippen LogP) is 13.8. The van der Waals surface area contributed by atoms with E-state index in [0.717, 1.165) is 38.2 Å². The fraction of sp³-hybridized carbons (Fsp3) is 0. The summed E-state index contributed by atoms with van der Waals surface area (Å²) in [6, 6.07) is 67.3. The molecule has 0 atom stereocenters. The van der Waals surface area contributed by atoms with Crippen LogP contribution in [0.25, 0.3) is 103 Å². The standard InChI is InChI=1S/C50H31N3S/c1-3-11-32(12-4-1)33-19-21-34(22-20-33)47-49-48(52-50(51-47)35-13-5-2-6-14-35)43-28-26-39(31-46(43)54-49)36-23-24-38-30-40(27-25-37(38)29-36)53-44-17-9-7-15-41(44)42-16-8-10-18-45(42)53/h1-31H. The minimum atomic E-state index is 0.740. The second-order valence-electron chi connectivity index (χ2n) is 13.8. The van der Waals surface area contributed by atoms with Crippen LogP contribution in [0.1, 0.15) is 0 Å². The molecule has 8 aromatic carbocycles. The van der Waals surface area contributed by atoms with Crippen LogP contribution >= 0.6 is 11.3 Å². The first kappa shape index (κ1) is 30.7. The fourth-order valence-electron chi connectivity index (χ4n) is 7.94. The second-order valence-corrected chi connectivity index (χ2v) is 14.9. The number of nitrogens with zero attached hydrogens (tertiary/aromatic N) is 3. The topological polar surface area (TPSA) is 30.7 Å². The third kappa shape index (κ3) is 5.03. The summed E-state index contributed by atoms with van der Waals surface area (Å²) < 4.78 is 4.68. The molecular formula is C50H31N3S. The third-order valence-electron chi connectivity index (χ3n) is 10.6. The number of thiophene rings is 1. The Labute approximate surface area is 316 Å². The maximum absolute atomic E-state index is 5.21. The van der Waals surface area contributed by atoms with Crippen LogP contribution in [0.15, 0.2) is 188 Å². The molecule has 252 valence electrons. The molecule has 4 heteroatoms. The quantitative estimate of drug-likeness (QED) is 0.178. The van der Waals surface area contributed by atoms with Crippen LogP contribution in [-0.2, 0) is 0 Å². The highest BCUT2D eigenvalue weighted by molar-refractivity contribution is 7.26. The van der Waals surface area contributed by atoms with Crippen LogP contribution in [0.4, 0.5) is 0 Å². The van der Waals surface area contributed by atoms with Crippen molar-refractivity contribution in [3.05, 3.63) is 188 Å². The molecule has 0 saturated heterocycles. The highest BCUT2D eigenvalue weighted by Gasteiger charge is 2.18. The zero-order chi connectivity index (χ0) is 35.6. The molecule has 0 fully saturated rings. The van der Waals surface area contributed by atoms with Crippen molar-refractivity contribution in [2.24, 2.45) is 0 Å². The highest BCUT2D eigenvalue weighted by Crippen LogP contribution is 2.42. The van der Waals surface area contributed by atoms with Gasteiger partial charge in [0, 0.05) is 37.7 Å². The molecule has 3 nitrogen and oxygen atoms in total. The first-order valence-corrected chi connectivity index (χ1v) is 19.1.